The Kier molecular flexibility index (Phi) is 6.53. The van der Waals surface area contributed by atoms with E-state index in [1.54, 1.807) is 0 Å². The van der Waals surface area contributed by atoms with Gasteiger partial charge in [-0.1, -0.05) is 90.4 Å². The van der Waals surface area contributed by atoms with Crippen LogP contribution in [-0.2, 0) is 0 Å². The number of rotatable bonds is 4. The maximum atomic E-state index is 3.78. The van der Waals surface area contributed by atoms with E-state index in [0.29, 0.717) is 0 Å². The summed E-state index contributed by atoms with van der Waals surface area (Å²) in [5.41, 5.74) is 0.185. The molecule has 0 aliphatic heterocycles. The lowest BCUT2D eigenvalue weighted by Gasteiger charge is -2.47. The monoisotopic (exact) mass is 661 g/mol. The second kappa shape index (κ2) is 5.48. The lowest BCUT2D eigenvalue weighted by Crippen LogP contribution is -2.63. The zero-order valence-corrected chi connectivity index (χ0v) is 18.6. The minimum atomic E-state index is 0.0925. The van der Waals surface area contributed by atoms with Crippen LogP contribution in [0.5, 0.6) is 0 Å². The van der Waals surface area contributed by atoms with Gasteiger partial charge < -0.3 is 5.32 Å². The SMILES string of the molecule is CC(I)(I)C(C)(C)NC(C)(C)C(C)(I)I. The van der Waals surface area contributed by atoms with Crippen LogP contribution in [0.1, 0.15) is 41.5 Å². The van der Waals surface area contributed by atoms with Crippen molar-refractivity contribution in [3.05, 3.63) is 0 Å². The average Bonchev–Trinajstić information content (AvgIpc) is 1.77. The van der Waals surface area contributed by atoms with Crippen molar-refractivity contribution in [2.45, 2.75) is 55.5 Å². The molecular weight excluding hydrogens is 642 g/mol. The second-order valence-corrected chi connectivity index (χ2v) is 17.9. The molecule has 0 amide bonds. The molecule has 0 saturated carbocycles. The summed E-state index contributed by atoms with van der Waals surface area (Å²) in [6.45, 7) is 13.6. The highest BCUT2D eigenvalue weighted by Crippen LogP contribution is 2.44. The van der Waals surface area contributed by atoms with Crippen LogP contribution in [0.25, 0.3) is 0 Å². The molecule has 0 unspecified atom stereocenters. The van der Waals surface area contributed by atoms with Gasteiger partial charge in [-0.05, 0) is 41.5 Å². The molecule has 0 atom stereocenters. The Morgan fingerprint density at radius 3 is 0.933 bits per heavy atom. The van der Waals surface area contributed by atoms with E-state index in [4.69, 9.17) is 0 Å². The van der Waals surface area contributed by atoms with Gasteiger partial charge in [-0.15, -0.1) is 0 Å². The fourth-order valence-electron chi connectivity index (χ4n) is 1.00. The van der Waals surface area contributed by atoms with Crippen molar-refractivity contribution >= 4 is 90.4 Å². The quantitative estimate of drug-likeness (QED) is 0.319. The van der Waals surface area contributed by atoms with E-state index in [9.17, 15) is 0 Å². The number of alkyl halides is 4. The Balaban J connectivity index is 4.89. The number of hydrogen-bond acceptors (Lipinski definition) is 1. The van der Waals surface area contributed by atoms with Crippen molar-refractivity contribution in [2.24, 2.45) is 0 Å². The number of halogens is 4. The summed E-state index contributed by atoms with van der Waals surface area (Å²) in [6, 6.07) is 0. The molecule has 0 aromatic carbocycles. The lowest BCUT2D eigenvalue weighted by atomic mass is 9.93. The fourth-order valence-corrected chi connectivity index (χ4v) is 1.54. The van der Waals surface area contributed by atoms with Crippen LogP contribution in [0.3, 0.4) is 0 Å². The van der Waals surface area contributed by atoms with E-state index < -0.39 is 0 Å². The molecule has 0 bridgehead atoms. The molecule has 0 saturated heterocycles. The van der Waals surface area contributed by atoms with Gasteiger partial charge in [0.05, 0.1) is 2.86 Å². The van der Waals surface area contributed by atoms with E-state index >= 15 is 0 Å². The molecular formula is C10H19I4N. The smallest absolute Gasteiger partial charge is 0.0881 e. The van der Waals surface area contributed by atoms with E-state index in [-0.39, 0.29) is 13.9 Å². The van der Waals surface area contributed by atoms with Gasteiger partial charge in [0.1, 0.15) is 0 Å². The van der Waals surface area contributed by atoms with Crippen molar-refractivity contribution in [2.75, 3.05) is 0 Å². The molecule has 1 N–H and O–H groups in total. The summed E-state index contributed by atoms with van der Waals surface area (Å²) in [7, 11) is 0. The minimum Gasteiger partial charge on any atom is -0.303 e. The van der Waals surface area contributed by atoms with Crippen LogP contribution >= 0.6 is 90.4 Å². The number of nitrogens with one attached hydrogen (secondary N) is 1. The van der Waals surface area contributed by atoms with Crippen LogP contribution in [0.2, 0.25) is 0 Å². The first-order chi connectivity index (χ1) is 6.21. The Hall–Kier alpha value is 2.88. The van der Waals surface area contributed by atoms with Crippen molar-refractivity contribution in [1.82, 2.24) is 5.32 Å². The first kappa shape index (κ1) is 17.9. The average molecular weight is 661 g/mol. The van der Waals surface area contributed by atoms with Gasteiger partial charge in [0.15, 0.2) is 0 Å². The summed E-state index contributed by atoms with van der Waals surface area (Å²) in [6.07, 6.45) is 0. The first-order valence-corrected chi connectivity index (χ1v) is 9.07. The standard InChI is InChI=1S/C10H19I4N/c1-7(2,9(5,11)12)15-8(3,4)10(6,13)14/h15H,1-6H3. The topological polar surface area (TPSA) is 12.0 Å². The van der Waals surface area contributed by atoms with Crippen LogP contribution in [-0.4, -0.2) is 13.9 Å². The normalized spacial score (nSPS) is 15.6. The molecule has 1 nitrogen and oxygen atoms in total. The van der Waals surface area contributed by atoms with Gasteiger partial charge in [0.25, 0.3) is 0 Å². The Labute approximate surface area is 149 Å². The van der Waals surface area contributed by atoms with Crippen LogP contribution in [0.4, 0.5) is 0 Å². The van der Waals surface area contributed by atoms with Crippen molar-refractivity contribution in [1.29, 1.82) is 0 Å². The molecule has 0 aromatic rings. The molecule has 0 aromatic heterocycles. The Morgan fingerprint density at radius 2 is 0.800 bits per heavy atom. The molecule has 92 valence electrons. The maximum absolute atomic E-state index is 3.78. The molecule has 0 heterocycles. The molecule has 0 aliphatic carbocycles. The van der Waals surface area contributed by atoms with Gasteiger partial charge in [-0.2, -0.15) is 0 Å². The highest BCUT2D eigenvalue weighted by Gasteiger charge is 2.45. The Morgan fingerprint density at radius 1 is 0.600 bits per heavy atom. The molecule has 0 spiro atoms. The van der Waals surface area contributed by atoms with E-state index in [0.717, 1.165) is 0 Å². The first-order valence-electron chi connectivity index (χ1n) is 4.76. The van der Waals surface area contributed by atoms with Gasteiger partial charge in [-0.25, -0.2) is 0 Å². The number of hydrogen-bond donors (Lipinski definition) is 1. The minimum absolute atomic E-state index is 0.0925. The Bertz CT molecular complexity index is 199. The van der Waals surface area contributed by atoms with E-state index in [1.165, 1.54) is 0 Å². The highest BCUT2D eigenvalue weighted by atomic mass is 127. The third-order valence-corrected chi connectivity index (χ3v) is 8.21. The second-order valence-electron chi connectivity index (χ2n) is 5.15. The van der Waals surface area contributed by atoms with Gasteiger partial charge in [0.2, 0.25) is 0 Å². The van der Waals surface area contributed by atoms with Gasteiger partial charge >= 0.3 is 0 Å². The zero-order chi connectivity index (χ0) is 12.7. The summed E-state index contributed by atoms with van der Waals surface area (Å²) in [5, 5.41) is 3.78. The predicted octanol–water partition coefficient (Wildman–Crippen LogP) is 5.31. The van der Waals surface area contributed by atoms with Crippen LogP contribution in [0.15, 0.2) is 0 Å². The van der Waals surface area contributed by atoms with Gasteiger partial charge in [-0.3, -0.25) is 0 Å². The molecule has 5 heteroatoms. The summed E-state index contributed by atoms with van der Waals surface area (Å²) >= 11 is 10.0. The van der Waals surface area contributed by atoms with Crippen molar-refractivity contribution < 1.29 is 0 Å². The third-order valence-electron chi connectivity index (χ3n) is 2.82. The zero-order valence-electron chi connectivity index (χ0n) is 10.0. The maximum Gasteiger partial charge on any atom is 0.0881 e. The lowest BCUT2D eigenvalue weighted by molar-refractivity contribution is 0.262. The molecule has 0 rings (SSSR count). The summed E-state index contributed by atoms with van der Waals surface area (Å²) in [4.78, 5) is 0. The van der Waals surface area contributed by atoms with Crippen LogP contribution < -0.4 is 5.32 Å². The summed E-state index contributed by atoms with van der Waals surface area (Å²) in [5.74, 6) is 0. The van der Waals surface area contributed by atoms with Crippen LogP contribution in [0, 0.1) is 0 Å². The largest absolute Gasteiger partial charge is 0.303 e. The molecule has 0 fully saturated rings. The van der Waals surface area contributed by atoms with Crippen molar-refractivity contribution in [3.63, 3.8) is 0 Å². The fraction of sp³-hybridized carbons (Fsp3) is 1.00. The molecule has 0 radical (unpaired) electrons. The predicted molar refractivity (Wildman–Crippen MR) is 104 cm³/mol. The third kappa shape index (κ3) is 5.17. The van der Waals surface area contributed by atoms with Crippen molar-refractivity contribution in [3.8, 4) is 0 Å². The molecule has 15 heavy (non-hydrogen) atoms. The van der Waals surface area contributed by atoms with E-state index in [2.05, 4.69) is 137 Å². The summed E-state index contributed by atoms with van der Waals surface area (Å²) < 4.78 is 0.386. The van der Waals surface area contributed by atoms with E-state index in [1.807, 2.05) is 0 Å². The van der Waals surface area contributed by atoms with Gasteiger partial charge in [0, 0.05) is 11.1 Å². The molecule has 0 aliphatic rings. The highest BCUT2D eigenvalue weighted by molar-refractivity contribution is 14.2.